The summed E-state index contributed by atoms with van der Waals surface area (Å²) in [5, 5.41) is 5.84. The minimum Gasteiger partial charge on any atom is -0.385 e. The lowest BCUT2D eigenvalue weighted by Crippen LogP contribution is -2.23. The summed E-state index contributed by atoms with van der Waals surface area (Å²) in [6.45, 7) is 1.77. The smallest absolute Gasteiger partial charge is 0.254 e. The minimum absolute atomic E-state index is 0.225. The highest BCUT2D eigenvalue weighted by molar-refractivity contribution is 5.93. The number of amides is 1. The average molecular weight is 301 g/mol. The predicted molar refractivity (Wildman–Crippen MR) is 82.4 cm³/mol. The van der Waals surface area contributed by atoms with E-state index in [2.05, 4.69) is 25.6 Å². The molecule has 0 saturated heterocycles. The van der Waals surface area contributed by atoms with E-state index in [1.54, 1.807) is 13.3 Å². The van der Waals surface area contributed by atoms with Gasteiger partial charge in [0.15, 0.2) is 0 Å². The Hall–Kier alpha value is -2.54. The summed E-state index contributed by atoms with van der Waals surface area (Å²) in [6, 6.07) is 5.56. The molecule has 0 unspecified atom stereocenters. The third-order valence-electron chi connectivity index (χ3n) is 2.88. The van der Waals surface area contributed by atoms with Crippen molar-refractivity contribution in [2.24, 2.45) is 0 Å². The first-order chi connectivity index (χ1) is 10.8. The quantitative estimate of drug-likeness (QED) is 0.713. The summed E-state index contributed by atoms with van der Waals surface area (Å²) >= 11 is 0. The fourth-order valence-corrected chi connectivity index (χ4v) is 1.73. The number of aromatic nitrogens is 3. The van der Waals surface area contributed by atoms with E-state index in [0.717, 1.165) is 18.7 Å². The first-order valence-corrected chi connectivity index (χ1v) is 7.02. The van der Waals surface area contributed by atoms with Gasteiger partial charge in [-0.05, 0) is 18.6 Å². The van der Waals surface area contributed by atoms with Crippen LogP contribution in [0.15, 0.2) is 36.8 Å². The Morgan fingerprint density at radius 1 is 1.23 bits per heavy atom. The summed E-state index contributed by atoms with van der Waals surface area (Å²) < 4.78 is 4.95. The van der Waals surface area contributed by atoms with E-state index in [4.69, 9.17) is 4.74 Å². The number of nitrogens with zero attached hydrogens (tertiary/aromatic N) is 3. The molecular formula is C15H19N5O2. The first kappa shape index (κ1) is 15.8. The number of rotatable bonds is 8. The molecule has 2 aromatic rings. The SMILES string of the molecule is COCCCNc1ncc(C(=O)NCc2ccccn2)cn1. The molecule has 2 rings (SSSR count). The van der Waals surface area contributed by atoms with E-state index in [0.29, 0.717) is 24.7 Å². The van der Waals surface area contributed by atoms with Gasteiger partial charge in [-0.25, -0.2) is 9.97 Å². The van der Waals surface area contributed by atoms with Gasteiger partial charge in [-0.15, -0.1) is 0 Å². The topological polar surface area (TPSA) is 89.0 Å². The molecule has 0 spiro atoms. The number of methoxy groups -OCH3 is 1. The summed E-state index contributed by atoms with van der Waals surface area (Å²) in [4.78, 5) is 24.3. The van der Waals surface area contributed by atoms with E-state index >= 15 is 0 Å². The molecule has 0 aromatic carbocycles. The van der Waals surface area contributed by atoms with Crippen molar-refractivity contribution in [3.63, 3.8) is 0 Å². The first-order valence-electron chi connectivity index (χ1n) is 7.02. The molecule has 1 amide bonds. The summed E-state index contributed by atoms with van der Waals surface area (Å²) in [6.07, 6.45) is 5.56. The second-order valence-corrected chi connectivity index (χ2v) is 4.57. The maximum atomic E-state index is 12.0. The molecule has 116 valence electrons. The van der Waals surface area contributed by atoms with Crippen molar-refractivity contribution in [1.29, 1.82) is 0 Å². The Morgan fingerprint density at radius 2 is 2.05 bits per heavy atom. The van der Waals surface area contributed by atoms with Crippen LogP contribution in [0.4, 0.5) is 5.95 Å². The molecule has 0 atom stereocenters. The fraction of sp³-hybridized carbons (Fsp3) is 0.333. The monoisotopic (exact) mass is 301 g/mol. The zero-order valence-corrected chi connectivity index (χ0v) is 12.5. The van der Waals surface area contributed by atoms with Crippen molar-refractivity contribution >= 4 is 11.9 Å². The lowest BCUT2D eigenvalue weighted by molar-refractivity contribution is 0.0949. The van der Waals surface area contributed by atoms with Gasteiger partial charge in [0.25, 0.3) is 5.91 Å². The van der Waals surface area contributed by atoms with Crippen LogP contribution in [0.1, 0.15) is 22.5 Å². The van der Waals surface area contributed by atoms with E-state index in [9.17, 15) is 4.79 Å². The van der Waals surface area contributed by atoms with Gasteiger partial charge < -0.3 is 15.4 Å². The second kappa shape index (κ2) is 8.68. The summed E-state index contributed by atoms with van der Waals surface area (Å²) in [5.74, 6) is 0.272. The highest BCUT2D eigenvalue weighted by Gasteiger charge is 2.07. The molecule has 2 aromatic heterocycles. The standard InChI is InChI=1S/C15H19N5O2/c1-22-8-4-7-17-15-19-9-12(10-20-15)14(21)18-11-13-5-2-3-6-16-13/h2-3,5-6,9-10H,4,7-8,11H2,1H3,(H,18,21)(H,17,19,20). The number of anilines is 1. The normalized spacial score (nSPS) is 10.2. The van der Waals surface area contributed by atoms with Crippen LogP contribution in [0.5, 0.6) is 0 Å². The number of carbonyl (C=O) groups excluding carboxylic acids is 1. The number of hydrogen-bond donors (Lipinski definition) is 2. The molecule has 22 heavy (non-hydrogen) atoms. The van der Waals surface area contributed by atoms with Gasteiger partial charge in [0, 0.05) is 38.9 Å². The van der Waals surface area contributed by atoms with E-state index < -0.39 is 0 Å². The largest absolute Gasteiger partial charge is 0.385 e. The molecule has 0 aliphatic carbocycles. The van der Waals surface area contributed by atoms with Gasteiger partial charge in [0.2, 0.25) is 5.95 Å². The zero-order chi connectivity index (χ0) is 15.6. The van der Waals surface area contributed by atoms with Crippen molar-refractivity contribution in [3.05, 3.63) is 48.0 Å². The van der Waals surface area contributed by atoms with E-state index in [1.807, 2.05) is 18.2 Å². The van der Waals surface area contributed by atoms with Crippen molar-refractivity contribution in [3.8, 4) is 0 Å². The van der Waals surface area contributed by atoms with Crippen molar-refractivity contribution < 1.29 is 9.53 Å². The van der Waals surface area contributed by atoms with Crippen LogP contribution in [0, 0.1) is 0 Å². The molecule has 7 nitrogen and oxygen atoms in total. The van der Waals surface area contributed by atoms with Crippen LogP contribution in [-0.4, -0.2) is 41.1 Å². The molecule has 0 aliphatic rings. The molecule has 0 radical (unpaired) electrons. The van der Waals surface area contributed by atoms with Crippen LogP contribution in [0.3, 0.4) is 0 Å². The molecule has 2 heterocycles. The molecule has 0 aliphatic heterocycles. The summed E-state index contributed by atoms with van der Waals surface area (Å²) in [5.41, 5.74) is 1.21. The van der Waals surface area contributed by atoms with Gasteiger partial charge in [-0.3, -0.25) is 9.78 Å². The predicted octanol–water partition coefficient (Wildman–Crippen LogP) is 1.25. The maximum absolute atomic E-state index is 12.0. The number of carbonyl (C=O) groups is 1. The van der Waals surface area contributed by atoms with Gasteiger partial charge in [0.05, 0.1) is 17.8 Å². The van der Waals surface area contributed by atoms with Gasteiger partial charge in [0.1, 0.15) is 0 Å². The lowest BCUT2D eigenvalue weighted by atomic mass is 10.3. The average Bonchev–Trinajstić information content (AvgIpc) is 2.58. The van der Waals surface area contributed by atoms with Crippen LogP contribution < -0.4 is 10.6 Å². The van der Waals surface area contributed by atoms with E-state index in [-0.39, 0.29) is 5.91 Å². The van der Waals surface area contributed by atoms with Gasteiger partial charge >= 0.3 is 0 Å². The lowest BCUT2D eigenvalue weighted by Gasteiger charge is -2.06. The Bertz CT molecular complexity index is 574. The van der Waals surface area contributed by atoms with Gasteiger partial charge in [-0.1, -0.05) is 6.07 Å². The number of pyridine rings is 1. The molecule has 2 N–H and O–H groups in total. The highest BCUT2D eigenvalue weighted by Crippen LogP contribution is 2.01. The molecule has 0 saturated carbocycles. The zero-order valence-electron chi connectivity index (χ0n) is 12.5. The van der Waals surface area contributed by atoms with Crippen LogP contribution in [0.25, 0.3) is 0 Å². The molecule has 0 bridgehead atoms. The van der Waals surface area contributed by atoms with Crippen molar-refractivity contribution in [2.75, 3.05) is 25.6 Å². The van der Waals surface area contributed by atoms with Crippen LogP contribution in [0.2, 0.25) is 0 Å². The van der Waals surface area contributed by atoms with Crippen LogP contribution >= 0.6 is 0 Å². The Kier molecular flexibility index (Phi) is 6.25. The number of nitrogens with one attached hydrogen (secondary N) is 2. The third kappa shape index (κ3) is 5.10. The van der Waals surface area contributed by atoms with E-state index in [1.165, 1.54) is 12.4 Å². The van der Waals surface area contributed by atoms with Crippen molar-refractivity contribution in [2.45, 2.75) is 13.0 Å². The second-order valence-electron chi connectivity index (χ2n) is 4.57. The molecular weight excluding hydrogens is 282 g/mol. The maximum Gasteiger partial charge on any atom is 0.254 e. The number of hydrogen-bond acceptors (Lipinski definition) is 6. The Morgan fingerprint density at radius 3 is 2.73 bits per heavy atom. The van der Waals surface area contributed by atoms with Crippen LogP contribution in [-0.2, 0) is 11.3 Å². The number of ether oxygens (including phenoxy) is 1. The molecule has 7 heteroatoms. The Labute approximate surface area is 129 Å². The minimum atomic E-state index is -0.225. The molecule has 0 fully saturated rings. The highest BCUT2D eigenvalue weighted by atomic mass is 16.5. The fourth-order valence-electron chi connectivity index (χ4n) is 1.73. The Balaban J connectivity index is 1.80. The summed E-state index contributed by atoms with van der Waals surface area (Å²) in [7, 11) is 1.66. The third-order valence-corrected chi connectivity index (χ3v) is 2.88. The van der Waals surface area contributed by atoms with Gasteiger partial charge in [-0.2, -0.15) is 0 Å². The van der Waals surface area contributed by atoms with Crippen molar-refractivity contribution in [1.82, 2.24) is 20.3 Å².